The molecule has 1 aromatic heterocycles. The Morgan fingerprint density at radius 3 is 2.95 bits per heavy atom. The molecule has 1 heterocycles. The van der Waals surface area contributed by atoms with Crippen LogP contribution in [-0.4, -0.2) is 31.3 Å². The lowest BCUT2D eigenvalue weighted by atomic mass is 10.1. The first-order chi connectivity index (χ1) is 10.2. The third kappa shape index (κ3) is 4.83. The van der Waals surface area contributed by atoms with Crippen molar-refractivity contribution in [3.8, 4) is 5.75 Å². The maximum absolute atomic E-state index is 11.7. The van der Waals surface area contributed by atoms with Gasteiger partial charge in [0.25, 0.3) is 0 Å². The second-order valence-corrected chi connectivity index (χ2v) is 4.63. The second kappa shape index (κ2) is 7.33. The Kier molecular flexibility index (Phi) is 5.20. The molecule has 0 saturated heterocycles. The minimum Gasteiger partial charge on any atom is -0.497 e. The van der Waals surface area contributed by atoms with Crippen molar-refractivity contribution in [2.45, 2.75) is 13.3 Å². The van der Waals surface area contributed by atoms with E-state index in [2.05, 4.69) is 15.8 Å². The highest BCUT2D eigenvalue weighted by Crippen LogP contribution is 2.12. The van der Waals surface area contributed by atoms with E-state index in [9.17, 15) is 4.79 Å². The van der Waals surface area contributed by atoms with Crippen LogP contribution in [0.2, 0.25) is 0 Å². The van der Waals surface area contributed by atoms with Crippen LogP contribution in [0.25, 0.3) is 0 Å². The molecule has 0 atom stereocenters. The standard InChI is InChI=1S/C15H19N3O3/c1-11-8-14(18-21-11)17-10-15(19)16-7-6-12-4-3-5-13(9-12)20-2/h3-5,8-9H,6-7,10H2,1-2H3,(H,16,19)(H,17,18). The Bertz CT molecular complexity index is 595. The van der Waals surface area contributed by atoms with Gasteiger partial charge in [-0.15, -0.1) is 0 Å². The number of nitrogens with zero attached hydrogens (tertiary/aromatic N) is 1. The monoisotopic (exact) mass is 289 g/mol. The molecule has 2 aromatic rings. The predicted molar refractivity (Wildman–Crippen MR) is 79.4 cm³/mol. The van der Waals surface area contributed by atoms with Crippen molar-refractivity contribution in [2.24, 2.45) is 0 Å². The van der Waals surface area contributed by atoms with E-state index in [1.54, 1.807) is 20.1 Å². The fraction of sp³-hybridized carbons (Fsp3) is 0.333. The van der Waals surface area contributed by atoms with Crippen molar-refractivity contribution < 1.29 is 14.1 Å². The minimum atomic E-state index is -0.0847. The zero-order valence-corrected chi connectivity index (χ0v) is 12.2. The van der Waals surface area contributed by atoms with Crippen molar-refractivity contribution >= 4 is 11.7 Å². The Balaban J connectivity index is 1.69. The summed E-state index contributed by atoms with van der Waals surface area (Å²) in [6.07, 6.45) is 0.756. The predicted octanol–water partition coefficient (Wildman–Crippen LogP) is 1.76. The van der Waals surface area contributed by atoms with Gasteiger partial charge in [-0.05, 0) is 31.0 Å². The number of benzene rings is 1. The molecule has 112 valence electrons. The second-order valence-electron chi connectivity index (χ2n) is 4.63. The summed E-state index contributed by atoms with van der Waals surface area (Å²) >= 11 is 0. The Morgan fingerprint density at radius 2 is 2.24 bits per heavy atom. The van der Waals surface area contributed by atoms with Gasteiger partial charge in [-0.2, -0.15) is 0 Å². The maximum Gasteiger partial charge on any atom is 0.239 e. The number of anilines is 1. The van der Waals surface area contributed by atoms with Gasteiger partial charge in [0, 0.05) is 12.6 Å². The van der Waals surface area contributed by atoms with Gasteiger partial charge in [0.1, 0.15) is 11.5 Å². The van der Waals surface area contributed by atoms with E-state index in [1.165, 1.54) is 0 Å². The molecule has 21 heavy (non-hydrogen) atoms. The summed E-state index contributed by atoms with van der Waals surface area (Å²) in [5.41, 5.74) is 1.12. The molecule has 2 rings (SSSR count). The molecule has 6 nitrogen and oxygen atoms in total. The number of nitrogens with one attached hydrogen (secondary N) is 2. The lowest BCUT2D eigenvalue weighted by Crippen LogP contribution is -2.31. The van der Waals surface area contributed by atoms with Gasteiger partial charge in [-0.1, -0.05) is 17.3 Å². The van der Waals surface area contributed by atoms with Gasteiger partial charge in [0.15, 0.2) is 5.82 Å². The maximum atomic E-state index is 11.7. The summed E-state index contributed by atoms with van der Waals surface area (Å²) in [6.45, 7) is 2.54. The van der Waals surface area contributed by atoms with Crippen LogP contribution in [0.1, 0.15) is 11.3 Å². The molecule has 0 aliphatic heterocycles. The van der Waals surface area contributed by atoms with E-state index in [0.717, 1.165) is 17.7 Å². The fourth-order valence-corrected chi connectivity index (χ4v) is 1.86. The molecule has 0 bridgehead atoms. The normalized spacial score (nSPS) is 10.2. The SMILES string of the molecule is COc1cccc(CCNC(=O)CNc2cc(C)on2)c1. The van der Waals surface area contributed by atoms with E-state index >= 15 is 0 Å². The van der Waals surface area contributed by atoms with Crippen molar-refractivity contribution in [1.82, 2.24) is 10.5 Å². The number of ether oxygens (including phenoxy) is 1. The first-order valence-electron chi connectivity index (χ1n) is 6.74. The molecule has 0 saturated carbocycles. The Hall–Kier alpha value is -2.50. The van der Waals surface area contributed by atoms with Crippen LogP contribution in [0.15, 0.2) is 34.9 Å². The number of methoxy groups -OCH3 is 1. The molecule has 1 amide bonds. The first-order valence-corrected chi connectivity index (χ1v) is 6.74. The van der Waals surface area contributed by atoms with Crippen molar-refractivity contribution in [2.75, 3.05) is 25.5 Å². The quantitative estimate of drug-likeness (QED) is 0.812. The van der Waals surface area contributed by atoms with Gasteiger partial charge in [0.05, 0.1) is 13.7 Å². The number of carbonyl (C=O) groups excluding carboxylic acids is 1. The Morgan fingerprint density at radius 1 is 1.38 bits per heavy atom. The molecule has 0 spiro atoms. The van der Waals surface area contributed by atoms with Crippen LogP contribution < -0.4 is 15.4 Å². The topological polar surface area (TPSA) is 76.4 Å². The average molecular weight is 289 g/mol. The summed E-state index contributed by atoms with van der Waals surface area (Å²) in [4.78, 5) is 11.7. The fourth-order valence-electron chi connectivity index (χ4n) is 1.86. The molecule has 2 N–H and O–H groups in total. The molecule has 0 aliphatic rings. The molecular formula is C15H19N3O3. The third-order valence-electron chi connectivity index (χ3n) is 2.93. The van der Waals surface area contributed by atoms with Crippen LogP contribution in [0.5, 0.6) is 5.75 Å². The smallest absolute Gasteiger partial charge is 0.239 e. The number of hydrogen-bond donors (Lipinski definition) is 2. The van der Waals surface area contributed by atoms with Gasteiger partial charge in [-0.25, -0.2) is 0 Å². The molecule has 0 aliphatic carbocycles. The van der Waals surface area contributed by atoms with E-state index in [1.807, 2.05) is 24.3 Å². The Labute approximate surface area is 123 Å². The van der Waals surface area contributed by atoms with Crippen molar-refractivity contribution in [3.63, 3.8) is 0 Å². The van der Waals surface area contributed by atoms with Crippen LogP contribution >= 0.6 is 0 Å². The summed E-state index contributed by atoms with van der Waals surface area (Å²) in [7, 11) is 1.64. The van der Waals surface area contributed by atoms with Crippen LogP contribution in [-0.2, 0) is 11.2 Å². The summed E-state index contributed by atoms with van der Waals surface area (Å²) in [5.74, 6) is 2.01. The van der Waals surface area contributed by atoms with Gasteiger partial charge in [-0.3, -0.25) is 4.79 Å². The van der Waals surface area contributed by atoms with Gasteiger partial charge < -0.3 is 19.9 Å². The molecule has 1 aromatic carbocycles. The molecule has 0 unspecified atom stereocenters. The van der Waals surface area contributed by atoms with E-state index in [4.69, 9.17) is 9.26 Å². The molecule has 0 radical (unpaired) electrons. The van der Waals surface area contributed by atoms with E-state index in [-0.39, 0.29) is 12.5 Å². The van der Waals surface area contributed by atoms with Crippen molar-refractivity contribution in [1.29, 1.82) is 0 Å². The summed E-state index contributed by atoms with van der Waals surface area (Å²) < 4.78 is 10.1. The number of carbonyl (C=O) groups is 1. The largest absolute Gasteiger partial charge is 0.497 e. The summed E-state index contributed by atoms with van der Waals surface area (Å²) in [5, 5.41) is 9.49. The molecular weight excluding hydrogens is 270 g/mol. The van der Waals surface area contributed by atoms with Gasteiger partial charge in [0.2, 0.25) is 5.91 Å². The highest BCUT2D eigenvalue weighted by Gasteiger charge is 2.04. The number of aromatic nitrogens is 1. The first kappa shape index (κ1) is 14.9. The van der Waals surface area contributed by atoms with Crippen LogP contribution in [0.3, 0.4) is 0 Å². The van der Waals surface area contributed by atoms with E-state index in [0.29, 0.717) is 18.1 Å². The number of rotatable bonds is 7. The average Bonchev–Trinajstić information content (AvgIpc) is 2.91. The molecule has 0 fully saturated rings. The van der Waals surface area contributed by atoms with Crippen LogP contribution in [0, 0.1) is 6.92 Å². The zero-order chi connectivity index (χ0) is 15.1. The number of hydrogen-bond acceptors (Lipinski definition) is 5. The minimum absolute atomic E-state index is 0.0847. The molecule has 6 heteroatoms. The van der Waals surface area contributed by atoms with Crippen LogP contribution in [0.4, 0.5) is 5.82 Å². The number of aryl methyl sites for hydroxylation is 1. The third-order valence-corrected chi connectivity index (χ3v) is 2.93. The highest BCUT2D eigenvalue weighted by atomic mass is 16.5. The van der Waals surface area contributed by atoms with Crippen molar-refractivity contribution in [3.05, 3.63) is 41.7 Å². The lowest BCUT2D eigenvalue weighted by Gasteiger charge is -2.07. The summed E-state index contributed by atoms with van der Waals surface area (Å²) in [6, 6.07) is 9.54. The van der Waals surface area contributed by atoms with E-state index < -0.39 is 0 Å². The lowest BCUT2D eigenvalue weighted by molar-refractivity contribution is -0.119. The number of amides is 1. The zero-order valence-electron chi connectivity index (χ0n) is 12.2. The van der Waals surface area contributed by atoms with Gasteiger partial charge >= 0.3 is 0 Å². The highest BCUT2D eigenvalue weighted by molar-refractivity contribution is 5.80.